The summed E-state index contributed by atoms with van der Waals surface area (Å²) in [6.45, 7) is 2.01. The molecule has 0 fully saturated rings. The van der Waals surface area contributed by atoms with Crippen LogP contribution in [-0.4, -0.2) is 20.1 Å². The summed E-state index contributed by atoms with van der Waals surface area (Å²) < 4.78 is 1.45. The van der Waals surface area contributed by atoms with Gasteiger partial charge in [0.2, 0.25) is 0 Å². The van der Waals surface area contributed by atoms with Crippen LogP contribution in [0.5, 0.6) is 0 Å². The molecule has 1 aromatic rings. The van der Waals surface area contributed by atoms with Crippen LogP contribution in [0.4, 0.5) is 0 Å². The predicted octanol–water partition coefficient (Wildman–Crippen LogP) is 0.569. The number of hydrogen-bond donors (Lipinski definition) is 1. The summed E-state index contributed by atoms with van der Waals surface area (Å²) in [4.78, 5) is 0. The van der Waals surface area contributed by atoms with Crippen molar-refractivity contribution in [1.82, 2.24) is 15.0 Å². The third-order valence-corrected chi connectivity index (χ3v) is 1.29. The van der Waals surface area contributed by atoms with Crippen molar-refractivity contribution in [3.63, 3.8) is 0 Å². The maximum atomic E-state index is 9.27. The Hall–Kier alpha value is -0.900. The highest BCUT2D eigenvalue weighted by Gasteiger charge is 2.03. The van der Waals surface area contributed by atoms with Crippen molar-refractivity contribution >= 4 is 0 Å². The molecule has 0 spiro atoms. The van der Waals surface area contributed by atoms with Gasteiger partial charge >= 0.3 is 0 Å². The molecule has 4 heteroatoms. The Morgan fingerprint density at radius 3 is 3.00 bits per heavy atom. The van der Waals surface area contributed by atoms with Crippen molar-refractivity contribution < 1.29 is 5.11 Å². The van der Waals surface area contributed by atoms with Crippen molar-refractivity contribution in [3.8, 4) is 0 Å². The molecule has 0 radical (unpaired) electrons. The molecule has 1 rings (SSSR count). The second kappa shape index (κ2) is 3.31. The number of aliphatic hydroxyl groups excluding tert-OH is 1. The Balaban J connectivity index is 2.50. The Labute approximate surface area is 59.5 Å². The Morgan fingerprint density at radius 1 is 1.70 bits per heavy atom. The van der Waals surface area contributed by atoms with Gasteiger partial charge in [-0.05, 0) is 6.42 Å². The van der Waals surface area contributed by atoms with Gasteiger partial charge in [0.1, 0.15) is 6.23 Å². The lowest BCUT2D eigenvalue weighted by Crippen LogP contribution is -2.08. The highest BCUT2D eigenvalue weighted by atomic mass is 16.3. The zero-order chi connectivity index (χ0) is 7.40. The first-order valence-corrected chi connectivity index (χ1v) is 3.38. The Kier molecular flexibility index (Phi) is 2.39. The molecule has 0 bridgehead atoms. The minimum absolute atomic E-state index is 0.507. The maximum Gasteiger partial charge on any atom is 0.148 e. The van der Waals surface area contributed by atoms with Gasteiger partial charge in [-0.15, -0.1) is 5.10 Å². The third-order valence-electron chi connectivity index (χ3n) is 1.29. The summed E-state index contributed by atoms with van der Waals surface area (Å²) in [5.74, 6) is 0. The van der Waals surface area contributed by atoms with Crippen LogP contribution in [0, 0.1) is 0 Å². The van der Waals surface area contributed by atoms with Crippen LogP contribution < -0.4 is 0 Å². The van der Waals surface area contributed by atoms with Crippen LogP contribution in [0.3, 0.4) is 0 Å². The van der Waals surface area contributed by atoms with Crippen molar-refractivity contribution in [2.24, 2.45) is 0 Å². The van der Waals surface area contributed by atoms with Crippen molar-refractivity contribution in [2.75, 3.05) is 0 Å². The normalized spacial score (nSPS) is 13.4. The first-order valence-electron chi connectivity index (χ1n) is 3.38. The molecule has 56 valence electrons. The summed E-state index contributed by atoms with van der Waals surface area (Å²) in [5.41, 5.74) is 0. The van der Waals surface area contributed by atoms with Crippen LogP contribution in [0.2, 0.25) is 0 Å². The first kappa shape index (κ1) is 7.21. The summed E-state index contributed by atoms with van der Waals surface area (Å²) >= 11 is 0. The molecule has 1 unspecified atom stereocenters. The SMILES string of the molecule is CCCC(O)n1ccnn1. The molecule has 0 amide bonds. The number of rotatable bonds is 3. The van der Waals surface area contributed by atoms with Crippen LogP contribution in [0.15, 0.2) is 12.4 Å². The molecule has 0 aliphatic rings. The van der Waals surface area contributed by atoms with E-state index in [0.717, 1.165) is 12.8 Å². The van der Waals surface area contributed by atoms with Crippen LogP contribution in [0.25, 0.3) is 0 Å². The lowest BCUT2D eigenvalue weighted by Gasteiger charge is -2.06. The number of aromatic nitrogens is 3. The zero-order valence-electron chi connectivity index (χ0n) is 5.94. The van der Waals surface area contributed by atoms with Gasteiger partial charge in [-0.25, -0.2) is 4.68 Å². The summed E-state index contributed by atoms with van der Waals surface area (Å²) in [5, 5.41) is 16.5. The average Bonchev–Trinajstić information content (AvgIpc) is 2.38. The van der Waals surface area contributed by atoms with E-state index in [1.807, 2.05) is 6.92 Å². The van der Waals surface area contributed by atoms with Crippen LogP contribution >= 0.6 is 0 Å². The lowest BCUT2D eigenvalue weighted by atomic mass is 10.3. The van der Waals surface area contributed by atoms with E-state index in [2.05, 4.69) is 10.3 Å². The van der Waals surface area contributed by atoms with E-state index in [4.69, 9.17) is 0 Å². The third kappa shape index (κ3) is 1.54. The number of nitrogens with zero attached hydrogens (tertiary/aromatic N) is 3. The molecule has 0 saturated carbocycles. The fraction of sp³-hybridized carbons (Fsp3) is 0.667. The minimum atomic E-state index is -0.507. The molecule has 1 heterocycles. The molecule has 1 atom stereocenters. The van der Waals surface area contributed by atoms with Gasteiger partial charge in [-0.1, -0.05) is 18.6 Å². The Morgan fingerprint density at radius 2 is 2.50 bits per heavy atom. The maximum absolute atomic E-state index is 9.27. The number of aliphatic hydroxyl groups is 1. The molecule has 1 N–H and O–H groups in total. The van der Waals surface area contributed by atoms with E-state index in [1.54, 1.807) is 12.4 Å². The van der Waals surface area contributed by atoms with Gasteiger partial charge in [0.25, 0.3) is 0 Å². The summed E-state index contributed by atoms with van der Waals surface area (Å²) in [6, 6.07) is 0. The minimum Gasteiger partial charge on any atom is -0.372 e. The second-order valence-corrected chi connectivity index (χ2v) is 2.15. The quantitative estimate of drug-likeness (QED) is 0.669. The van der Waals surface area contributed by atoms with E-state index >= 15 is 0 Å². The topological polar surface area (TPSA) is 50.9 Å². The summed E-state index contributed by atoms with van der Waals surface area (Å²) in [7, 11) is 0. The molecule has 0 aromatic carbocycles. The van der Waals surface area contributed by atoms with Gasteiger partial charge in [-0.2, -0.15) is 0 Å². The largest absolute Gasteiger partial charge is 0.372 e. The van der Waals surface area contributed by atoms with Gasteiger partial charge in [0.15, 0.2) is 0 Å². The van der Waals surface area contributed by atoms with Gasteiger partial charge in [-0.3, -0.25) is 0 Å². The second-order valence-electron chi connectivity index (χ2n) is 2.15. The molecule has 0 aliphatic carbocycles. The van der Waals surface area contributed by atoms with E-state index in [9.17, 15) is 5.11 Å². The standard InChI is InChI=1S/C6H11N3O/c1-2-3-6(10)9-5-4-7-8-9/h4-6,10H,2-3H2,1H3. The first-order chi connectivity index (χ1) is 4.84. The smallest absolute Gasteiger partial charge is 0.148 e. The average molecular weight is 141 g/mol. The van der Waals surface area contributed by atoms with Gasteiger partial charge in [0, 0.05) is 6.20 Å². The highest BCUT2D eigenvalue weighted by molar-refractivity contribution is 4.66. The van der Waals surface area contributed by atoms with Crippen LogP contribution in [0.1, 0.15) is 26.0 Å². The van der Waals surface area contributed by atoms with E-state index in [0.29, 0.717) is 0 Å². The lowest BCUT2D eigenvalue weighted by molar-refractivity contribution is 0.0788. The molecule has 4 nitrogen and oxygen atoms in total. The molecule has 1 aromatic heterocycles. The van der Waals surface area contributed by atoms with Crippen molar-refractivity contribution in [1.29, 1.82) is 0 Å². The zero-order valence-corrected chi connectivity index (χ0v) is 5.94. The molecule has 0 saturated heterocycles. The highest BCUT2D eigenvalue weighted by Crippen LogP contribution is 2.05. The van der Waals surface area contributed by atoms with Crippen molar-refractivity contribution in [3.05, 3.63) is 12.4 Å². The summed E-state index contributed by atoms with van der Waals surface area (Å²) in [6.07, 6.45) is 4.37. The molecule has 10 heavy (non-hydrogen) atoms. The molecular weight excluding hydrogens is 130 g/mol. The van der Waals surface area contributed by atoms with Crippen molar-refractivity contribution in [2.45, 2.75) is 26.0 Å². The van der Waals surface area contributed by atoms with Gasteiger partial charge < -0.3 is 5.11 Å². The number of hydrogen-bond acceptors (Lipinski definition) is 3. The molecular formula is C6H11N3O. The predicted molar refractivity (Wildman–Crippen MR) is 36.2 cm³/mol. The van der Waals surface area contributed by atoms with E-state index < -0.39 is 6.23 Å². The van der Waals surface area contributed by atoms with E-state index in [-0.39, 0.29) is 0 Å². The molecule has 0 aliphatic heterocycles. The fourth-order valence-electron chi connectivity index (χ4n) is 0.767. The monoisotopic (exact) mass is 141 g/mol. The van der Waals surface area contributed by atoms with Gasteiger partial charge in [0.05, 0.1) is 6.20 Å². The fourth-order valence-corrected chi connectivity index (χ4v) is 0.767. The van der Waals surface area contributed by atoms with Crippen LogP contribution in [-0.2, 0) is 0 Å². The van der Waals surface area contributed by atoms with E-state index in [1.165, 1.54) is 4.68 Å². The Bertz CT molecular complexity index is 173.